The number of carbonyl (C=O) groups excluding carboxylic acids is 1. The van der Waals surface area contributed by atoms with Crippen molar-refractivity contribution in [3.8, 4) is 5.75 Å². The molecule has 0 radical (unpaired) electrons. The van der Waals surface area contributed by atoms with Gasteiger partial charge in [-0.3, -0.25) is 14.9 Å². The molecule has 0 atom stereocenters. The summed E-state index contributed by atoms with van der Waals surface area (Å²) < 4.78 is 9.79. The van der Waals surface area contributed by atoms with Crippen LogP contribution in [0.4, 0.5) is 5.69 Å². The van der Waals surface area contributed by atoms with Gasteiger partial charge in [0.05, 0.1) is 24.2 Å². The average molecular weight is 254 g/mol. The number of amides is 1. The minimum absolute atomic E-state index is 0.128. The molecule has 0 saturated carbocycles. The van der Waals surface area contributed by atoms with E-state index in [-0.39, 0.29) is 17.0 Å². The maximum atomic E-state index is 11.8. The van der Waals surface area contributed by atoms with Crippen molar-refractivity contribution in [3.63, 3.8) is 0 Å². The summed E-state index contributed by atoms with van der Waals surface area (Å²) in [4.78, 5) is 21.9. The molecule has 0 spiro atoms. The molecule has 0 aliphatic heterocycles. The Morgan fingerprint density at radius 1 is 1.44 bits per heavy atom. The molecule has 0 fully saturated rings. The minimum atomic E-state index is -0.564. The molecule has 0 unspecified atom stereocenters. The SMILES string of the molecule is COCCNC(=O)c1cc([N+](=O)[O-])ccc1OC. The van der Waals surface area contributed by atoms with Crippen molar-refractivity contribution in [2.24, 2.45) is 0 Å². The van der Waals surface area contributed by atoms with Crippen molar-refractivity contribution in [1.82, 2.24) is 5.32 Å². The minimum Gasteiger partial charge on any atom is -0.496 e. The smallest absolute Gasteiger partial charge is 0.270 e. The maximum Gasteiger partial charge on any atom is 0.270 e. The van der Waals surface area contributed by atoms with Gasteiger partial charge in [0.2, 0.25) is 0 Å². The first kappa shape index (κ1) is 13.9. The van der Waals surface area contributed by atoms with Crippen molar-refractivity contribution in [2.45, 2.75) is 0 Å². The number of nitro groups is 1. The third-order valence-electron chi connectivity index (χ3n) is 2.23. The summed E-state index contributed by atoms with van der Waals surface area (Å²) in [6.45, 7) is 0.685. The van der Waals surface area contributed by atoms with Crippen LogP contribution in [0, 0.1) is 10.1 Å². The zero-order valence-corrected chi connectivity index (χ0v) is 10.1. The molecule has 0 aromatic heterocycles. The van der Waals surface area contributed by atoms with Gasteiger partial charge in [-0.05, 0) is 6.07 Å². The van der Waals surface area contributed by atoms with Gasteiger partial charge in [0.25, 0.3) is 11.6 Å². The molecule has 0 aliphatic carbocycles. The lowest BCUT2D eigenvalue weighted by atomic mass is 10.1. The topological polar surface area (TPSA) is 90.7 Å². The number of non-ortho nitro benzene ring substituents is 1. The highest BCUT2D eigenvalue weighted by atomic mass is 16.6. The van der Waals surface area contributed by atoms with Crippen LogP contribution in [-0.2, 0) is 4.74 Å². The highest BCUT2D eigenvalue weighted by Crippen LogP contribution is 2.23. The Morgan fingerprint density at radius 3 is 2.72 bits per heavy atom. The molecule has 1 aromatic carbocycles. The molecule has 1 amide bonds. The van der Waals surface area contributed by atoms with E-state index in [0.29, 0.717) is 13.2 Å². The Bertz CT molecular complexity index is 447. The number of carbonyl (C=O) groups is 1. The van der Waals surface area contributed by atoms with E-state index in [1.807, 2.05) is 0 Å². The normalized spacial score (nSPS) is 9.89. The second kappa shape index (κ2) is 6.55. The highest BCUT2D eigenvalue weighted by molar-refractivity contribution is 5.97. The maximum absolute atomic E-state index is 11.8. The number of nitrogens with one attached hydrogen (secondary N) is 1. The molecule has 98 valence electrons. The van der Waals surface area contributed by atoms with Gasteiger partial charge in [-0.25, -0.2) is 0 Å². The number of rotatable bonds is 6. The summed E-state index contributed by atoms with van der Waals surface area (Å²) in [7, 11) is 2.91. The lowest BCUT2D eigenvalue weighted by Gasteiger charge is -2.08. The van der Waals surface area contributed by atoms with E-state index < -0.39 is 10.8 Å². The lowest BCUT2D eigenvalue weighted by Crippen LogP contribution is -2.27. The van der Waals surface area contributed by atoms with Crippen molar-refractivity contribution in [2.75, 3.05) is 27.4 Å². The summed E-state index contributed by atoms with van der Waals surface area (Å²) in [5, 5.41) is 13.2. The average Bonchev–Trinajstić information content (AvgIpc) is 2.38. The number of ether oxygens (including phenoxy) is 2. The van der Waals surface area contributed by atoms with Crippen molar-refractivity contribution >= 4 is 11.6 Å². The van der Waals surface area contributed by atoms with E-state index in [0.717, 1.165) is 0 Å². The van der Waals surface area contributed by atoms with E-state index in [2.05, 4.69) is 5.32 Å². The molecule has 1 N–H and O–H groups in total. The predicted molar refractivity (Wildman–Crippen MR) is 63.9 cm³/mol. The second-order valence-electron chi connectivity index (χ2n) is 3.39. The van der Waals surface area contributed by atoms with Gasteiger partial charge in [0.1, 0.15) is 5.75 Å². The molecule has 18 heavy (non-hydrogen) atoms. The Kier molecular flexibility index (Phi) is 5.06. The Balaban J connectivity index is 2.93. The zero-order chi connectivity index (χ0) is 13.5. The molecule has 0 aliphatic rings. The van der Waals surface area contributed by atoms with Crippen LogP contribution >= 0.6 is 0 Å². The van der Waals surface area contributed by atoms with Crippen molar-refractivity contribution in [1.29, 1.82) is 0 Å². The summed E-state index contributed by atoms with van der Waals surface area (Å²) in [6, 6.07) is 3.86. The Labute approximate surface area is 104 Å². The zero-order valence-electron chi connectivity index (χ0n) is 10.1. The molecule has 0 bridgehead atoms. The van der Waals surface area contributed by atoms with Gasteiger partial charge in [0.15, 0.2) is 0 Å². The molecule has 0 saturated heterocycles. The van der Waals surface area contributed by atoms with Crippen LogP contribution in [0.1, 0.15) is 10.4 Å². The number of benzene rings is 1. The standard InChI is InChI=1S/C11H14N2O5/c1-17-6-5-12-11(14)9-7-8(13(15)16)3-4-10(9)18-2/h3-4,7H,5-6H2,1-2H3,(H,12,14). The van der Waals surface area contributed by atoms with Gasteiger partial charge >= 0.3 is 0 Å². The van der Waals surface area contributed by atoms with E-state index in [1.165, 1.54) is 32.4 Å². The summed E-state index contributed by atoms with van der Waals surface area (Å²) in [5.74, 6) is -0.150. The van der Waals surface area contributed by atoms with Crippen LogP contribution in [0.15, 0.2) is 18.2 Å². The molecule has 0 heterocycles. The van der Waals surface area contributed by atoms with Gasteiger partial charge < -0.3 is 14.8 Å². The largest absolute Gasteiger partial charge is 0.496 e. The highest BCUT2D eigenvalue weighted by Gasteiger charge is 2.16. The van der Waals surface area contributed by atoms with Gasteiger partial charge in [0, 0.05) is 25.8 Å². The first-order chi connectivity index (χ1) is 8.60. The van der Waals surface area contributed by atoms with E-state index >= 15 is 0 Å². The third kappa shape index (κ3) is 3.42. The van der Waals surface area contributed by atoms with Crippen LogP contribution in [0.2, 0.25) is 0 Å². The Hall–Kier alpha value is -2.15. The molecular weight excluding hydrogens is 240 g/mol. The van der Waals surface area contributed by atoms with Crippen LogP contribution in [-0.4, -0.2) is 38.2 Å². The molecule has 7 heteroatoms. The number of nitrogens with zero attached hydrogens (tertiary/aromatic N) is 1. The van der Waals surface area contributed by atoms with E-state index in [1.54, 1.807) is 0 Å². The fourth-order valence-electron chi connectivity index (χ4n) is 1.35. The van der Waals surface area contributed by atoms with Crippen LogP contribution in [0.5, 0.6) is 5.75 Å². The number of nitro benzene ring substituents is 1. The quantitative estimate of drug-likeness (QED) is 0.464. The van der Waals surface area contributed by atoms with E-state index in [9.17, 15) is 14.9 Å². The molecule has 1 rings (SSSR count). The number of hydrogen-bond donors (Lipinski definition) is 1. The summed E-state index contributed by atoms with van der Waals surface area (Å²) in [5.41, 5.74) is -0.0319. The fraction of sp³-hybridized carbons (Fsp3) is 0.364. The van der Waals surface area contributed by atoms with Crippen LogP contribution in [0.3, 0.4) is 0 Å². The van der Waals surface area contributed by atoms with E-state index in [4.69, 9.17) is 9.47 Å². The van der Waals surface area contributed by atoms with Gasteiger partial charge in [-0.1, -0.05) is 0 Å². The fourth-order valence-corrected chi connectivity index (χ4v) is 1.35. The predicted octanol–water partition coefficient (Wildman–Crippen LogP) is 0.980. The van der Waals surface area contributed by atoms with Gasteiger partial charge in [-0.2, -0.15) is 0 Å². The van der Waals surface area contributed by atoms with Crippen molar-refractivity contribution < 1.29 is 19.2 Å². The molecular formula is C11H14N2O5. The molecule has 1 aromatic rings. The third-order valence-corrected chi connectivity index (χ3v) is 2.23. The second-order valence-corrected chi connectivity index (χ2v) is 3.39. The Morgan fingerprint density at radius 2 is 2.17 bits per heavy atom. The summed E-state index contributed by atoms with van der Waals surface area (Å²) >= 11 is 0. The number of hydrogen-bond acceptors (Lipinski definition) is 5. The summed E-state index contributed by atoms with van der Waals surface area (Å²) in [6.07, 6.45) is 0. The monoisotopic (exact) mass is 254 g/mol. The lowest BCUT2D eigenvalue weighted by molar-refractivity contribution is -0.384. The van der Waals surface area contributed by atoms with Crippen molar-refractivity contribution in [3.05, 3.63) is 33.9 Å². The van der Waals surface area contributed by atoms with Crippen LogP contribution in [0.25, 0.3) is 0 Å². The number of methoxy groups -OCH3 is 2. The molecule has 7 nitrogen and oxygen atoms in total. The first-order valence-corrected chi connectivity index (χ1v) is 5.19. The van der Waals surface area contributed by atoms with Gasteiger partial charge in [-0.15, -0.1) is 0 Å². The first-order valence-electron chi connectivity index (χ1n) is 5.19. The van der Waals surface area contributed by atoms with Crippen LogP contribution < -0.4 is 10.1 Å².